The molecule has 2 N–H and O–H groups in total. The molecule has 20 heavy (non-hydrogen) atoms. The van der Waals surface area contributed by atoms with Crippen LogP contribution in [0, 0.1) is 13.8 Å². The van der Waals surface area contributed by atoms with Crippen LogP contribution < -0.4 is 5.32 Å². The van der Waals surface area contributed by atoms with E-state index in [4.69, 9.17) is 0 Å². The lowest BCUT2D eigenvalue weighted by Crippen LogP contribution is -2.39. The third kappa shape index (κ3) is 2.99. The van der Waals surface area contributed by atoms with Crippen LogP contribution >= 0.6 is 0 Å². The summed E-state index contributed by atoms with van der Waals surface area (Å²) >= 11 is 0. The predicted molar refractivity (Wildman–Crippen MR) is 79.7 cm³/mol. The Hall–Kier alpha value is -1.46. The first kappa shape index (κ1) is 14.9. The molecule has 2 aromatic rings. The number of rotatable bonds is 6. The molecule has 2 aromatic heterocycles. The Morgan fingerprint density at radius 3 is 2.65 bits per heavy atom. The van der Waals surface area contributed by atoms with Crippen molar-refractivity contribution in [3.63, 3.8) is 0 Å². The number of hydrogen-bond donors (Lipinski definition) is 2. The number of nitrogens with one attached hydrogen (secondary N) is 1. The summed E-state index contributed by atoms with van der Waals surface area (Å²) in [5.41, 5.74) is 2.55. The molecule has 0 amide bonds. The molecular weight excluding hydrogens is 252 g/mol. The summed E-state index contributed by atoms with van der Waals surface area (Å²) in [7, 11) is 0. The van der Waals surface area contributed by atoms with Crippen LogP contribution in [0.1, 0.15) is 43.8 Å². The number of aromatic nitrogens is 3. The van der Waals surface area contributed by atoms with Gasteiger partial charge in [-0.25, -0.2) is 9.97 Å². The smallest absolute Gasteiger partial charge is 0.234 e. The maximum absolute atomic E-state index is 10.3. The van der Waals surface area contributed by atoms with Crippen molar-refractivity contribution in [3.8, 4) is 0 Å². The number of imidazole rings is 1. The average Bonchev–Trinajstić information content (AvgIpc) is 2.81. The summed E-state index contributed by atoms with van der Waals surface area (Å²) in [5.74, 6) is 0.737. The highest BCUT2D eigenvalue weighted by Crippen LogP contribution is 2.14. The zero-order valence-electron chi connectivity index (χ0n) is 12.8. The van der Waals surface area contributed by atoms with Crippen molar-refractivity contribution in [1.82, 2.24) is 19.7 Å². The van der Waals surface area contributed by atoms with Gasteiger partial charge in [0.15, 0.2) is 0 Å². The van der Waals surface area contributed by atoms with Crippen LogP contribution in [0.4, 0.5) is 0 Å². The first-order chi connectivity index (χ1) is 9.49. The highest BCUT2D eigenvalue weighted by atomic mass is 16.3. The molecule has 0 radical (unpaired) electrons. The van der Waals surface area contributed by atoms with E-state index in [-0.39, 0.29) is 0 Å². The predicted octanol–water partition coefficient (Wildman–Crippen LogP) is 1.99. The molecular formula is C15H24N4O. The SMILES string of the molecule is CCC(O)(CC)CNCc1cnc2nc(C)cc(C)n12. The number of aliphatic hydroxyl groups is 1. The summed E-state index contributed by atoms with van der Waals surface area (Å²) in [6.07, 6.45) is 3.35. The lowest BCUT2D eigenvalue weighted by molar-refractivity contribution is 0.0322. The largest absolute Gasteiger partial charge is 0.389 e. The van der Waals surface area contributed by atoms with Gasteiger partial charge in [0.1, 0.15) is 0 Å². The standard InChI is InChI=1S/C15H24N4O/c1-5-15(20,6-2)10-16-8-13-9-17-14-18-11(3)7-12(4)19(13)14/h7,9,16,20H,5-6,8,10H2,1-4H3. The summed E-state index contributed by atoms with van der Waals surface area (Å²) in [6, 6.07) is 2.05. The Kier molecular flexibility index (Phi) is 4.40. The molecule has 0 atom stereocenters. The van der Waals surface area contributed by atoms with Crippen molar-refractivity contribution in [2.75, 3.05) is 6.54 Å². The van der Waals surface area contributed by atoms with E-state index in [9.17, 15) is 5.11 Å². The zero-order valence-corrected chi connectivity index (χ0v) is 12.8. The van der Waals surface area contributed by atoms with Crippen molar-refractivity contribution >= 4 is 5.78 Å². The fourth-order valence-electron chi connectivity index (χ4n) is 2.44. The molecule has 5 heteroatoms. The molecule has 110 valence electrons. The minimum atomic E-state index is -0.621. The topological polar surface area (TPSA) is 62.5 Å². The lowest BCUT2D eigenvalue weighted by atomic mass is 9.98. The molecule has 0 fully saturated rings. The highest BCUT2D eigenvalue weighted by Gasteiger charge is 2.21. The van der Waals surface area contributed by atoms with Gasteiger partial charge in [-0.3, -0.25) is 4.40 Å². The van der Waals surface area contributed by atoms with Gasteiger partial charge >= 0.3 is 0 Å². The fraction of sp³-hybridized carbons (Fsp3) is 0.600. The van der Waals surface area contributed by atoms with Gasteiger partial charge in [-0.1, -0.05) is 13.8 Å². The van der Waals surface area contributed by atoms with Crippen LogP contribution in [0.3, 0.4) is 0 Å². The monoisotopic (exact) mass is 276 g/mol. The summed E-state index contributed by atoms with van der Waals surface area (Å²) in [5, 5.41) is 13.6. The molecule has 0 aliphatic carbocycles. The van der Waals surface area contributed by atoms with E-state index in [2.05, 4.69) is 26.6 Å². The van der Waals surface area contributed by atoms with Crippen LogP contribution in [0.15, 0.2) is 12.3 Å². The molecule has 0 unspecified atom stereocenters. The van der Waals surface area contributed by atoms with E-state index in [1.807, 2.05) is 33.0 Å². The molecule has 2 heterocycles. The van der Waals surface area contributed by atoms with Gasteiger partial charge < -0.3 is 10.4 Å². The highest BCUT2D eigenvalue weighted by molar-refractivity contribution is 5.35. The van der Waals surface area contributed by atoms with Crippen molar-refractivity contribution in [2.45, 2.75) is 52.7 Å². The van der Waals surface area contributed by atoms with E-state index >= 15 is 0 Å². The Morgan fingerprint density at radius 2 is 2.00 bits per heavy atom. The normalized spacial score (nSPS) is 12.2. The van der Waals surface area contributed by atoms with E-state index in [0.29, 0.717) is 13.1 Å². The van der Waals surface area contributed by atoms with E-state index in [0.717, 1.165) is 35.7 Å². The first-order valence-electron chi connectivity index (χ1n) is 7.23. The molecule has 0 spiro atoms. The van der Waals surface area contributed by atoms with Crippen LogP contribution in [-0.4, -0.2) is 31.6 Å². The quantitative estimate of drug-likeness (QED) is 0.847. The molecule has 0 aromatic carbocycles. The van der Waals surface area contributed by atoms with E-state index in [1.165, 1.54) is 0 Å². The molecule has 5 nitrogen and oxygen atoms in total. The minimum absolute atomic E-state index is 0.589. The second kappa shape index (κ2) is 5.89. The minimum Gasteiger partial charge on any atom is -0.389 e. The first-order valence-corrected chi connectivity index (χ1v) is 7.23. The van der Waals surface area contributed by atoms with E-state index in [1.54, 1.807) is 0 Å². The molecule has 0 aliphatic heterocycles. The third-order valence-electron chi connectivity index (χ3n) is 3.94. The van der Waals surface area contributed by atoms with E-state index < -0.39 is 5.60 Å². The number of nitrogens with zero attached hydrogens (tertiary/aromatic N) is 3. The third-order valence-corrected chi connectivity index (χ3v) is 3.94. The van der Waals surface area contributed by atoms with Crippen LogP contribution in [0.5, 0.6) is 0 Å². The zero-order chi connectivity index (χ0) is 14.8. The maximum atomic E-state index is 10.3. The maximum Gasteiger partial charge on any atom is 0.234 e. The Balaban J connectivity index is 2.11. The van der Waals surface area contributed by atoms with Gasteiger partial charge in [-0.2, -0.15) is 0 Å². The molecule has 0 bridgehead atoms. The van der Waals surface area contributed by atoms with Crippen LogP contribution in [0.25, 0.3) is 5.78 Å². The molecule has 0 saturated carbocycles. The molecule has 0 saturated heterocycles. The van der Waals surface area contributed by atoms with Gasteiger partial charge in [0, 0.05) is 24.5 Å². The van der Waals surface area contributed by atoms with Gasteiger partial charge in [-0.15, -0.1) is 0 Å². The van der Waals surface area contributed by atoms with Crippen molar-refractivity contribution < 1.29 is 5.11 Å². The van der Waals surface area contributed by atoms with Crippen molar-refractivity contribution in [2.24, 2.45) is 0 Å². The second-order valence-electron chi connectivity index (χ2n) is 5.46. The number of aryl methyl sites for hydroxylation is 2. The van der Waals surface area contributed by atoms with Crippen LogP contribution in [-0.2, 0) is 6.54 Å². The Morgan fingerprint density at radius 1 is 1.30 bits per heavy atom. The Bertz CT molecular complexity index is 587. The fourth-order valence-corrected chi connectivity index (χ4v) is 2.44. The van der Waals surface area contributed by atoms with Gasteiger partial charge in [0.05, 0.1) is 17.5 Å². The summed E-state index contributed by atoms with van der Waals surface area (Å²) in [6.45, 7) is 9.32. The molecule has 2 rings (SSSR count). The number of hydrogen-bond acceptors (Lipinski definition) is 4. The van der Waals surface area contributed by atoms with Gasteiger partial charge in [0.25, 0.3) is 0 Å². The van der Waals surface area contributed by atoms with Gasteiger partial charge in [-0.05, 0) is 32.8 Å². The summed E-state index contributed by atoms with van der Waals surface area (Å²) < 4.78 is 2.05. The van der Waals surface area contributed by atoms with Gasteiger partial charge in [0.2, 0.25) is 5.78 Å². The van der Waals surface area contributed by atoms with Crippen LogP contribution in [0.2, 0.25) is 0 Å². The summed E-state index contributed by atoms with van der Waals surface area (Å²) in [4.78, 5) is 8.77. The second-order valence-corrected chi connectivity index (χ2v) is 5.46. The average molecular weight is 276 g/mol. The van der Waals surface area contributed by atoms with Crippen molar-refractivity contribution in [1.29, 1.82) is 0 Å². The number of fused-ring (bicyclic) bond motifs is 1. The Labute approximate surface area is 120 Å². The van der Waals surface area contributed by atoms with Crippen molar-refractivity contribution in [3.05, 3.63) is 29.3 Å². The molecule has 0 aliphatic rings. The lowest BCUT2D eigenvalue weighted by Gasteiger charge is -2.25.